The van der Waals surface area contributed by atoms with Gasteiger partial charge in [-0.3, -0.25) is 0 Å². The molecule has 0 aliphatic heterocycles. The highest BCUT2D eigenvalue weighted by atomic mass is 19.2. The lowest BCUT2D eigenvalue weighted by Gasteiger charge is -2.45. The van der Waals surface area contributed by atoms with Crippen LogP contribution in [0.1, 0.15) is 82.6 Å². The van der Waals surface area contributed by atoms with Gasteiger partial charge >= 0.3 is 0 Å². The fourth-order valence-corrected chi connectivity index (χ4v) is 6.95. The lowest BCUT2D eigenvalue weighted by molar-refractivity contribution is 0.0732. The Labute approximate surface area is 174 Å². The van der Waals surface area contributed by atoms with E-state index in [1.165, 1.54) is 75.8 Å². The number of rotatable bonds is 2. The molecule has 29 heavy (non-hydrogen) atoms. The molecule has 3 fully saturated rings. The van der Waals surface area contributed by atoms with Gasteiger partial charge in [-0.1, -0.05) is 44.0 Å². The van der Waals surface area contributed by atoms with Crippen LogP contribution >= 0.6 is 0 Å². The molecule has 0 N–H and O–H groups in total. The summed E-state index contributed by atoms with van der Waals surface area (Å²) in [6.07, 6.45) is 14.1. The molecule has 0 bridgehead atoms. The van der Waals surface area contributed by atoms with E-state index in [-0.39, 0.29) is 0 Å². The van der Waals surface area contributed by atoms with Crippen molar-refractivity contribution in [3.05, 3.63) is 47.5 Å². The van der Waals surface area contributed by atoms with E-state index in [4.69, 9.17) is 0 Å². The highest BCUT2D eigenvalue weighted by molar-refractivity contribution is 5.84. The average Bonchev–Trinajstić information content (AvgIpc) is 2.76. The lowest BCUT2D eigenvalue weighted by atomic mass is 9.60. The minimum atomic E-state index is -0.755. The molecule has 4 atom stereocenters. The highest BCUT2D eigenvalue weighted by Crippen LogP contribution is 2.51. The molecule has 0 saturated heterocycles. The number of halogens is 2. The molecule has 0 heterocycles. The third-order valence-corrected chi connectivity index (χ3v) is 8.78. The first-order valence-corrected chi connectivity index (χ1v) is 12.0. The van der Waals surface area contributed by atoms with Gasteiger partial charge in [-0.2, -0.15) is 0 Å². The molecule has 2 aromatic carbocycles. The molecule has 0 aromatic heterocycles. The Bertz CT molecular complexity index is 864. The summed E-state index contributed by atoms with van der Waals surface area (Å²) >= 11 is 0. The second-order valence-corrected chi connectivity index (χ2v) is 10.5. The molecule has 0 nitrogen and oxygen atoms in total. The first-order chi connectivity index (χ1) is 14.1. The van der Waals surface area contributed by atoms with Crippen molar-refractivity contribution in [2.45, 2.75) is 77.0 Å². The van der Waals surface area contributed by atoms with Gasteiger partial charge in [0.1, 0.15) is 0 Å². The van der Waals surface area contributed by atoms with E-state index in [1.54, 1.807) is 12.1 Å². The Balaban J connectivity index is 1.25. The highest BCUT2D eigenvalue weighted by Gasteiger charge is 2.38. The van der Waals surface area contributed by atoms with Crippen LogP contribution in [0.5, 0.6) is 0 Å². The SMILES string of the molecule is CC1CCC(C2CCC3CC(c4ccc5c(F)c(F)ccc5c4)CCC3C2)CC1. The van der Waals surface area contributed by atoms with Crippen molar-refractivity contribution in [3.8, 4) is 0 Å². The Hall–Kier alpha value is -1.44. The Morgan fingerprint density at radius 3 is 2.14 bits per heavy atom. The van der Waals surface area contributed by atoms with Crippen LogP contribution in [-0.4, -0.2) is 0 Å². The zero-order valence-corrected chi connectivity index (χ0v) is 17.7. The third kappa shape index (κ3) is 3.84. The van der Waals surface area contributed by atoms with Gasteiger partial charge in [-0.25, -0.2) is 8.78 Å². The summed E-state index contributed by atoms with van der Waals surface area (Å²) in [4.78, 5) is 0. The summed E-state index contributed by atoms with van der Waals surface area (Å²) in [5.74, 6) is 3.85. The van der Waals surface area contributed by atoms with Crippen molar-refractivity contribution in [2.75, 3.05) is 0 Å². The quantitative estimate of drug-likeness (QED) is 0.479. The van der Waals surface area contributed by atoms with Gasteiger partial charge in [0.05, 0.1) is 0 Å². The van der Waals surface area contributed by atoms with Crippen LogP contribution in [0.4, 0.5) is 8.78 Å². The van der Waals surface area contributed by atoms with E-state index in [0.717, 1.165) is 35.0 Å². The number of hydrogen-bond acceptors (Lipinski definition) is 0. The van der Waals surface area contributed by atoms with Gasteiger partial charge in [-0.15, -0.1) is 0 Å². The monoisotopic (exact) mass is 396 g/mol. The van der Waals surface area contributed by atoms with Crippen molar-refractivity contribution in [1.29, 1.82) is 0 Å². The second kappa shape index (κ2) is 8.00. The van der Waals surface area contributed by atoms with Crippen LogP contribution < -0.4 is 0 Å². The summed E-state index contributed by atoms with van der Waals surface area (Å²) in [5.41, 5.74) is 1.32. The summed E-state index contributed by atoms with van der Waals surface area (Å²) in [7, 11) is 0. The molecule has 3 aliphatic carbocycles. The van der Waals surface area contributed by atoms with E-state index < -0.39 is 11.6 Å². The van der Waals surface area contributed by atoms with Gasteiger partial charge in [0, 0.05) is 5.39 Å². The van der Waals surface area contributed by atoms with Crippen LogP contribution in [0.2, 0.25) is 0 Å². The normalized spacial score (nSPS) is 35.4. The number of fused-ring (bicyclic) bond motifs is 2. The molecule has 5 rings (SSSR count). The Kier molecular flexibility index (Phi) is 5.39. The maximum atomic E-state index is 14.0. The predicted molar refractivity (Wildman–Crippen MR) is 116 cm³/mol. The molecule has 0 amide bonds. The van der Waals surface area contributed by atoms with Crippen LogP contribution in [-0.2, 0) is 0 Å². The largest absolute Gasteiger partial charge is 0.204 e. The number of benzene rings is 2. The second-order valence-electron chi connectivity index (χ2n) is 10.5. The van der Waals surface area contributed by atoms with Crippen molar-refractivity contribution >= 4 is 10.8 Å². The standard InChI is InChI=1S/C27H34F2/c1-17-2-4-18(5-3-17)19-6-7-21-15-22(9-8-20(21)14-19)23-10-12-25-24(16-23)11-13-26(28)27(25)29/h10-13,16-22H,2-9,14-15H2,1H3. The van der Waals surface area contributed by atoms with Gasteiger partial charge in [0.25, 0.3) is 0 Å². The van der Waals surface area contributed by atoms with Gasteiger partial charge in [0.2, 0.25) is 0 Å². The first-order valence-electron chi connectivity index (χ1n) is 12.0. The van der Waals surface area contributed by atoms with E-state index in [0.29, 0.717) is 11.3 Å². The van der Waals surface area contributed by atoms with Crippen LogP contribution in [0, 0.1) is 41.2 Å². The van der Waals surface area contributed by atoms with Crippen molar-refractivity contribution in [2.24, 2.45) is 29.6 Å². The van der Waals surface area contributed by atoms with Crippen molar-refractivity contribution in [1.82, 2.24) is 0 Å². The molecule has 0 spiro atoms. The maximum absolute atomic E-state index is 14.0. The van der Waals surface area contributed by atoms with E-state index >= 15 is 0 Å². The fourth-order valence-electron chi connectivity index (χ4n) is 6.95. The minimum Gasteiger partial charge on any atom is -0.204 e. The minimum absolute atomic E-state index is 0.407. The first kappa shape index (κ1) is 19.5. The molecular formula is C27H34F2. The molecule has 2 aromatic rings. The molecular weight excluding hydrogens is 362 g/mol. The van der Waals surface area contributed by atoms with E-state index in [1.807, 2.05) is 6.07 Å². The fraction of sp³-hybridized carbons (Fsp3) is 0.630. The van der Waals surface area contributed by atoms with E-state index in [9.17, 15) is 8.78 Å². The molecule has 3 saturated carbocycles. The molecule has 0 radical (unpaired) electrons. The van der Waals surface area contributed by atoms with Crippen molar-refractivity contribution in [3.63, 3.8) is 0 Å². The smallest absolute Gasteiger partial charge is 0.166 e. The summed E-state index contributed by atoms with van der Waals surface area (Å²) < 4.78 is 27.5. The average molecular weight is 397 g/mol. The van der Waals surface area contributed by atoms with Crippen LogP contribution in [0.3, 0.4) is 0 Å². The Morgan fingerprint density at radius 1 is 0.690 bits per heavy atom. The predicted octanol–water partition coefficient (Wildman–Crippen LogP) is 8.24. The zero-order valence-electron chi connectivity index (χ0n) is 17.7. The van der Waals surface area contributed by atoms with Gasteiger partial charge < -0.3 is 0 Å². The third-order valence-electron chi connectivity index (χ3n) is 8.78. The Morgan fingerprint density at radius 2 is 1.34 bits per heavy atom. The molecule has 156 valence electrons. The van der Waals surface area contributed by atoms with Crippen LogP contribution in [0.15, 0.2) is 30.3 Å². The maximum Gasteiger partial charge on any atom is 0.166 e. The molecule has 2 heteroatoms. The van der Waals surface area contributed by atoms with Gasteiger partial charge in [0.15, 0.2) is 11.6 Å². The number of hydrogen-bond donors (Lipinski definition) is 0. The topological polar surface area (TPSA) is 0 Å². The zero-order chi connectivity index (χ0) is 20.0. The summed E-state index contributed by atoms with van der Waals surface area (Å²) in [6.45, 7) is 2.42. The van der Waals surface area contributed by atoms with Gasteiger partial charge in [-0.05, 0) is 104 Å². The van der Waals surface area contributed by atoms with Crippen LogP contribution in [0.25, 0.3) is 10.8 Å². The van der Waals surface area contributed by atoms with Crippen molar-refractivity contribution < 1.29 is 8.78 Å². The molecule has 4 unspecified atom stereocenters. The summed E-state index contributed by atoms with van der Waals surface area (Å²) in [5, 5.41) is 1.24. The molecule has 3 aliphatic rings. The summed E-state index contributed by atoms with van der Waals surface area (Å²) in [6, 6.07) is 8.92. The lowest BCUT2D eigenvalue weighted by Crippen LogP contribution is -2.34. The van der Waals surface area contributed by atoms with E-state index in [2.05, 4.69) is 13.0 Å².